The smallest absolute Gasteiger partial charge is 0.355 e. The zero-order chi connectivity index (χ0) is 12.6. The third-order valence-corrected chi connectivity index (χ3v) is 2.08. The van der Waals surface area contributed by atoms with Gasteiger partial charge < -0.3 is 10.6 Å². The molecule has 0 aliphatic rings. The number of carbonyl (C=O) groups excluding carboxylic acids is 1. The van der Waals surface area contributed by atoms with Gasteiger partial charge in [-0.05, 0) is 13.3 Å². The van der Waals surface area contributed by atoms with Gasteiger partial charge in [0.15, 0.2) is 0 Å². The second kappa shape index (κ2) is 7.49. The number of unbranched alkanes of at least 4 members (excludes halogenated alkanes) is 1. The summed E-state index contributed by atoms with van der Waals surface area (Å²) in [7, 11) is 0. The summed E-state index contributed by atoms with van der Waals surface area (Å²) >= 11 is 0. The Morgan fingerprint density at radius 2 is 1.94 bits per heavy atom. The quantitative estimate of drug-likeness (QED) is 0.667. The lowest BCUT2D eigenvalue weighted by molar-refractivity contribution is -0.135. The molecule has 0 aromatic heterocycles. The molecule has 0 rings (SSSR count). The van der Waals surface area contributed by atoms with Crippen LogP contribution in [0.15, 0.2) is 0 Å². The summed E-state index contributed by atoms with van der Waals surface area (Å²) in [6.45, 7) is 3.89. The largest absolute Gasteiger partial charge is 0.390 e. The van der Waals surface area contributed by atoms with Crippen LogP contribution in [-0.2, 0) is 4.79 Å². The Bertz CT molecular complexity index is 207. The van der Waals surface area contributed by atoms with Crippen molar-refractivity contribution >= 4 is 5.91 Å². The minimum Gasteiger partial charge on any atom is -0.355 e. The van der Waals surface area contributed by atoms with E-state index in [-0.39, 0.29) is 12.5 Å². The van der Waals surface area contributed by atoms with E-state index in [0.29, 0.717) is 6.54 Å². The lowest BCUT2D eigenvalue weighted by Gasteiger charge is -2.14. The van der Waals surface area contributed by atoms with Crippen LogP contribution in [0, 0.1) is 0 Å². The maximum atomic E-state index is 11.8. The van der Waals surface area contributed by atoms with Crippen molar-refractivity contribution in [2.24, 2.45) is 0 Å². The zero-order valence-corrected chi connectivity index (χ0v) is 9.66. The Balaban J connectivity index is 3.63. The van der Waals surface area contributed by atoms with Gasteiger partial charge in [0.2, 0.25) is 5.91 Å². The Morgan fingerprint density at radius 1 is 1.31 bits per heavy atom. The molecule has 0 bridgehead atoms. The molecule has 0 saturated carbocycles. The first-order chi connectivity index (χ1) is 7.37. The van der Waals surface area contributed by atoms with Gasteiger partial charge in [-0.2, -0.15) is 13.2 Å². The van der Waals surface area contributed by atoms with Crippen molar-refractivity contribution in [3.63, 3.8) is 0 Å². The second-order valence-electron chi connectivity index (χ2n) is 3.69. The molecule has 96 valence electrons. The number of nitrogens with one attached hydrogen (secondary N) is 2. The van der Waals surface area contributed by atoms with E-state index in [2.05, 4.69) is 10.6 Å². The summed E-state index contributed by atoms with van der Waals surface area (Å²) in [4.78, 5) is 11.3. The van der Waals surface area contributed by atoms with E-state index in [1.807, 2.05) is 6.92 Å². The van der Waals surface area contributed by atoms with Gasteiger partial charge >= 0.3 is 6.18 Å². The third-order valence-electron chi connectivity index (χ3n) is 2.08. The summed E-state index contributed by atoms with van der Waals surface area (Å²) in [5.41, 5.74) is 0. The van der Waals surface area contributed by atoms with Crippen molar-refractivity contribution in [1.29, 1.82) is 0 Å². The number of amides is 1. The first-order valence-corrected chi connectivity index (χ1v) is 5.44. The van der Waals surface area contributed by atoms with Gasteiger partial charge in [0.05, 0.1) is 12.5 Å². The van der Waals surface area contributed by atoms with Crippen LogP contribution in [0.1, 0.15) is 33.1 Å². The van der Waals surface area contributed by atoms with Crippen LogP contribution in [0.4, 0.5) is 13.2 Å². The number of hydrogen-bond donors (Lipinski definition) is 2. The summed E-state index contributed by atoms with van der Waals surface area (Å²) in [5.74, 6) is -0.254. The molecule has 1 atom stereocenters. The Labute approximate surface area is 93.8 Å². The Hall–Kier alpha value is -0.780. The van der Waals surface area contributed by atoms with Crippen molar-refractivity contribution in [1.82, 2.24) is 10.6 Å². The van der Waals surface area contributed by atoms with Crippen molar-refractivity contribution in [2.45, 2.75) is 45.3 Å². The molecule has 0 radical (unpaired) electrons. The summed E-state index contributed by atoms with van der Waals surface area (Å²) in [6.07, 6.45) is -3.25. The molecule has 16 heavy (non-hydrogen) atoms. The molecule has 0 saturated heterocycles. The fourth-order valence-electron chi connectivity index (χ4n) is 1.06. The normalized spacial score (nSPS) is 13.6. The van der Waals surface area contributed by atoms with Crippen LogP contribution < -0.4 is 10.6 Å². The predicted octanol–water partition coefficient (Wildman–Crippen LogP) is 1.83. The fourth-order valence-corrected chi connectivity index (χ4v) is 1.06. The second-order valence-corrected chi connectivity index (χ2v) is 3.69. The fraction of sp³-hybridized carbons (Fsp3) is 0.900. The SMILES string of the molecule is CCCCNC(=O)C(C)NCCC(F)(F)F. The minimum atomic E-state index is -4.18. The predicted molar refractivity (Wildman–Crippen MR) is 56.1 cm³/mol. The van der Waals surface area contributed by atoms with Crippen LogP contribution in [0.3, 0.4) is 0 Å². The van der Waals surface area contributed by atoms with Crippen molar-refractivity contribution in [3.05, 3.63) is 0 Å². The van der Waals surface area contributed by atoms with Crippen LogP contribution in [0.25, 0.3) is 0 Å². The molecule has 6 heteroatoms. The molecule has 0 aromatic rings. The molecule has 3 nitrogen and oxygen atoms in total. The van der Waals surface area contributed by atoms with Crippen LogP contribution >= 0.6 is 0 Å². The highest BCUT2D eigenvalue weighted by molar-refractivity contribution is 5.81. The van der Waals surface area contributed by atoms with E-state index >= 15 is 0 Å². The average Bonchev–Trinajstić information content (AvgIpc) is 2.15. The molecule has 0 spiro atoms. The number of halogens is 3. The molecular formula is C10H19F3N2O. The summed E-state index contributed by atoms with van der Waals surface area (Å²) in [5, 5.41) is 5.18. The third kappa shape index (κ3) is 8.52. The highest BCUT2D eigenvalue weighted by Gasteiger charge is 2.26. The van der Waals surface area contributed by atoms with Crippen molar-refractivity contribution in [2.75, 3.05) is 13.1 Å². The standard InChI is InChI=1S/C10H19F3N2O/c1-3-4-6-15-9(16)8(2)14-7-5-10(11,12)13/h8,14H,3-7H2,1-2H3,(H,15,16). The van der Waals surface area contributed by atoms with E-state index in [1.54, 1.807) is 6.92 Å². The Kier molecular flexibility index (Phi) is 7.12. The van der Waals surface area contributed by atoms with E-state index in [4.69, 9.17) is 0 Å². The van der Waals surface area contributed by atoms with E-state index in [1.165, 1.54) is 0 Å². The summed E-state index contributed by atoms with van der Waals surface area (Å²) in [6, 6.07) is -0.584. The lowest BCUT2D eigenvalue weighted by Crippen LogP contribution is -2.43. The molecule has 1 unspecified atom stereocenters. The molecule has 0 aromatic carbocycles. The van der Waals surface area contributed by atoms with E-state index in [9.17, 15) is 18.0 Å². The summed E-state index contributed by atoms with van der Waals surface area (Å²) < 4.78 is 35.4. The van der Waals surface area contributed by atoms with Gasteiger partial charge in [-0.15, -0.1) is 0 Å². The molecule has 0 aliphatic heterocycles. The van der Waals surface area contributed by atoms with Gasteiger partial charge in [0.25, 0.3) is 0 Å². The molecule has 0 fully saturated rings. The van der Waals surface area contributed by atoms with E-state index in [0.717, 1.165) is 12.8 Å². The Morgan fingerprint density at radius 3 is 2.44 bits per heavy atom. The highest BCUT2D eigenvalue weighted by Crippen LogP contribution is 2.18. The zero-order valence-electron chi connectivity index (χ0n) is 9.66. The molecule has 1 amide bonds. The van der Waals surface area contributed by atoms with Gasteiger partial charge in [-0.1, -0.05) is 13.3 Å². The first-order valence-electron chi connectivity index (χ1n) is 5.44. The first kappa shape index (κ1) is 15.2. The van der Waals surface area contributed by atoms with Crippen LogP contribution in [0.2, 0.25) is 0 Å². The number of hydrogen-bond acceptors (Lipinski definition) is 2. The topological polar surface area (TPSA) is 41.1 Å². The van der Waals surface area contributed by atoms with Gasteiger partial charge in [0, 0.05) is 13.1 Å². The number of carbonyl (C=O) groups is 1. The van der Waals surface area contributed by atoms with Crippen molar-refractivity contribution in [3.8, 4) is 0 Å². The van der Waals surface area contributed by atoms with Crippen molar-refractivity contribution < 1.29 is 18.0 Å². The maximum absolute atomic E-state index is 11.8. The van der Waals surface area contributed by atoms with Crippen LogP contribution in [-0.4, -0.2) is 31.2 Å². The van der Waals surface area contributed by atoms with E-state index < -0.39 is 18.6 Å². The molecule has 0 aliphatic carbocycles. The molecular weight excluding hydrogens is 221 g/mol. The molecule has 2 N–H and O–H groups in total. The maximum Gasteiger partial charge on any atom is 0.390 e. The average molecular weight is 240 g/mol. The van der Waals surface area contributed by atoms with Gasteiger partial charge in [-0.3, -0.25) is 4.79 Å². The number of rotatable bonds is 7. The number of alkyl halides is 3. The lowest BCUT2D eigenvalue weighted by atomic mass is 10.2. The van der Waals surface area contributed by atoms with Crippen LogP contribution in [0.5, 0.6) is 0 Å². The van der Waals surface area contributed by atoms with Gasteiger partial charge in [0.1, 0.15) is 0 Å². The molecule has 0 heterocycles. The monoisotopic (exact) mass is 240 g/mol. The van der Waals surface area contributed by atoms with Gasteiger partial charge in [-0.25, -0.2) is 0 Å². The highest BCUT2D eigenvalue weighted by atomic mass is 19.4. The minimum absolute atomic E-state index is 0.230.